The summed E-state index contributed by atoms with van der Waals surface area (Å²) in [5.41, 5.74) is 0.462. The van der Waals surface area contributed by atoms with Crippen LogP contribution in [0, 0.1) is 12.7 Å². The van der Waals surface area contributed by atoms with Crippen molar-refractivity contribution in [2.75, 3.05) is 7.11 Å². The second kappa shape index (κ2) is 6.52. The first kappa shape index (κ1) is 16.9. The molecule has 0 saturated carbocycles. The first-order chi connectivity index (χ1) is 11.9. The Balaban J connectivity index is 2.12. The van der Waals surface area contributed by atoms with Crippen molar-refractivity contribution in [3.05, 3.63) is 52.6 Å². The Labute approximate surface area is 146 Å². The number of hydrogen-bond donors (Lipinski definition) is 1. The molecular formula is C17H12ClFN2O4. The Bertz CT molecular complexity index is 994. The van der Waals surface area contributed by atoms with Gasteiger partial charge in [-0.3, -0.25) is 0 Å². The number of halogens is 2. The first-order valence-corrected chi connectivity index (χ1v) is 7.48. The van der Waals surface area contributed by atoms with Gasteiger partial charge >= 0.3 is 5.97 Å². The number of rotatable bonds is 4. The molecular weight excluding hydrogens is 351 g/mol. The van der Waals surface area contributed by atoms with E-state index in [-0.39, 0.29) is 11.6 Å². The number of carboxylic acid groups (broad SMARTS) is 1. The molecule has 0 fully saturated rings. The molecule has 0 unspecified atom stereocenters. The minimum absolute atomic E-state index is 0.172. The smallest absolute Gasteiger partial charge is 0.338 e. The maximum Gasteiger partial charge on any atom is 0.338 e. The molecule has 0 atom stereocenters. The van der Waals surface area contributed by atoms with Crippen molar-refractivity contribution in [3.8, 4) is 17.4 Å². The molecule has 1 heterocycles. The van der Waals surface area contributed by atoms with Crippen molar-refractivity contribution < 1.29 is 23.8 Å². The van der Waals surface area contributed by atoms with Crippen molar-refractivity contribution in [3.63, 3.8) is 0 Å². The van der Waals surface area contributed by atoms with E-state index >= 15 is 0 Å². The van der Waals surface area contributed by atoms with Gasteiger partial charge in [0.05, 0.1) is 28.6 Å². The number of aryl methyl sites for hydroxylation is 1. The van der Waals surface area contributed by atoms with Gasteiger partial charge in [0.1, 0.15) is 23.6 Å². The number of benzene rings is 2. The van der Waals surface area contributed by atoms with Crippen LogP contribution in [0.1, 0.15) is 15.9 Å². The Morgan fingerprint density at radius 1 is 1.20 bits per heavy atom. The Morgan fingerprint density at radius 3 is 2.64 bits per heavy atom. The summed E-state index contributed by atoms with van der Waals surface area (Å²) in [5, 5.41) is 9.96. The molecule has 0 bridgehead atoms. The summed E-state index contributed by atoms with van der Waals surface area (Å²) >= 11 is 6.08. The van der Waals surface area contributed by atoms with Crippen molar-refractivity contribution in [1.82, 2.24) is 9.97 Å². The number of carboxylic acids is 1. The van der Waals surface area contributed by atoms with Gasteiger partial charge < -0.3 is 14.6 Å². The number of fused-ring (bicyclic) bond motifs is 1. The average molecular weight is 363 g/mol. The van der Waals surface area contributed by atoms with Gasteiger partial charge in [0, 0.05) is 0 Å². The second-order valence-corrected chi connectivity index (χ2v) is 5.59. The summed E-state index contributed by atoms with van der Waals surface area (Å²) in [6, 6.07) is 5.43. The van der Waals surface area contributed by atoms with E-state index in [1.54, 1.807) is 19.1 Å². The van der Waals surface area contributed by atoms with Crippen LogP contribution in [0.25, 0.3) is 10.9 Å². The van der Waals surface area contributed by atoms with Crippen molar-refractivity contribution >= 4 is 28.5 Å². The fourth-order valence-electron chi connectivity index (χ4n) is 2.30. The molecule has 0 aliphatic rings. The predicted octanol–water partition coefficient (Wildman–Crippen LogP) is 4.23. The second-order valence-electron chi connectivity index (χ2n) is 5.19. The lowest BCUT2D eigenvalue weighted by Gasteiger charge is -2.12. The maximum atomic E-state index is 13.7. The van der Waals surface area contributed by atoms with Crippen LogP contribution in [-0.4, -0.2) is 28.2 Å². The topological polar surface area (TPSA) is 81.5 Å². The van der Waals surface area contributed by atoms with Gasteiger partial charge in [-0.15, -0.1) is 0 Å². The summed E-state index contributed by atoms with van der Waals surface area (Å²) in [6.45, 7) is 1.60. The molecule has 2 aromatic carbocycles. The van der Waals surface area contributed by atoms with Crippen LogP contribution >= 0.6 is 11.6 Å². The van der Waals surface area contributed by atoms with E-state index in [0.717, 1.165) is 12.1 Å². The van der Waals surface area contributed by atoms with Crippen LogP contribution in [-0.2, 0) is 0 Å². The zero-order chi connectivity index (χ0) is 18.1. The molecule has 8 heteroatoms. The predicted molar refractivity (Wildman–Crippen MR) is 89.3 cm³/mol. The first-order valence-electron chi connectivity index (χ1n) is 7.10. The largest absolute Gasteiger partial charge is 0.495 e. The molecule has 3 aromatic rings. The average Bonchev–Trinajstić information content (AvgIpc) is 2.56. The highest BCUT2D eigenvalue weighted by molar-refractivity contribution is 6.32. The lowest BCUT2D eigenvalue weighted by atomic mass is 10.1. The quantitative estimate of drug-likeness (QED) is 0.748. The van der Waals surface area contributed by atoms with Crippen LogP contribution in [0.15, 0.2) is 30.6 Å². The highest BCUT2D eigenvalue weighted by atomic mass is 35.5. The number of carbonyl (C=O) groups is 1. The molecule has 3 rings (SSSR count). The zero-order valence-corrected chi connectivity index (χ0v) is 14.0. The monoisotopic (exact) mass is 362 g/mol. The van der Waals surface area contributed by atoms with Crippen LogP contribution in [0.2, 0.25) is 5.02 Å². The minimum atomic E-state index is -1.39. The minimum Gasteiger partial charge on any atom is -0.495 e. The molecule has 0 amide bonds. The van der Waals surface area contributed by atoms with E-state index in [0.29, 0.717) is 27.2 Å². The molecule has 0 aliphatic carbocycles. The summed E-state index contributed by atoms with van der Waals surface area (Å²) in [5.74, 6) is -1.46. The number of nitrogens with zero attached hydrogens (tertiary/aromatic N) is 2. The summed E-state index contributed by atoms with van der Waals surface area (Å²) in [7, 11) is 1.47. The third kappa shape index (κ3) is 3.18. The number of aromatic carboxylic acids is 1. The van der Waals surface area contributed by atoms with Gasteiger partial charge in [0.15, 0.2) is 0 Å². The zero-order valence-electron chi connectivity index (χ0n) is 13.2. The van der Waals surface area contributed by atoms with Crippen LogP contribution < -0.4 is 9.47 Å². The SMILES string of the molecule is COc1cc2c(Oc3cc(C(=O)O)c(F)cc3C)ncnc2cc1Cl. The molecule has 0 saturated heterocycles. The highest BCUT2D eigenvalue weighted by Crippen LogP contribution is 2.35. The van der Waals surface area contributed by atoms with E-state index in [4.69, 9.17) is 26.2 Å². The van der Waals surface area contributed by atoms with E-state index in [1.165, 1.54) is 13.4 Å². The van der Waals surface area contributed by atoms with Gasteiger partial charge in [-0.2, -0.15) is 0 Å². The molecule has 0 spiro atoms. The molecule has 0 radical (unpaired) electrons. The lowest BCUT2D eigenvalue weighted by Crippen LogP contribution is -2.03. The van der Waals surface area contributed by atoms with Crippen molar-refractivity contribution in [2.45, 2.75) is 6.92 Å². The summed E-state index contributed by atoms with van der Waals surface area (Å²) in [4.78, 5) is 19.3. The Hall–Kier alpha value is -2.93. The standard InChI is InChI=1S/C17H12ClFN2O4/c1-8-3-12(19)9(17(22)23)4-14(8)25-16-10-5-15(24-2)11(18)6-13(10)20-7-21-16/h3-7H,1-2H3,(H,22,23). The van der Waals surface area contributed by atoms with Crippen LogP contribution in [0.3, 0.4) is 0 Å². The highest BCUT2D eigenvalue weighted by Gasteiger charge is 2.17. The fraction of sp³-hybridized carbons (Fsp3) is 0.118. The van der Waals surface area contributed by atoms with E-state index in [2.05, 4.69) is 9.97 Å². The van der Waals surface area contributed by atoms with E-state index in [1.807, 2.05) is 0 Å². The van der Waals surface area contributed by atoms with E-state index in [9.17, 15) is 9.18 Å². The van der Waals surface area contributed by atoms with Crippen molar-refractivity contribution in [2.24, 2.45) is 0 Å². The molecule has 128 valence electrons. The van der Waals surface area contributed by atoms with Crippen LogP contribution in [0.4, 0.5) is 4.39 Å². The normalized spacial score (nSPS) is 10.7. The molecule has 6 nitrogen and oxygen atoms in total. The van der Waals surface area contributed by atoms with Crippen molar-refractivity contribution in [1.29, 1.82) is 0 Å². The maximum absolute atomic E-state index is 13.7. The number of aromatic nitrogens is 2. The van der Waals surface area contributed by atoms with Crippen LogP contribution in [0.5, 0.6) is 17.4 Å². The number of hydrogen-bond acceptors (Lipinski definition) is 5. The Morgan fingerprint density at radius 2 is 1.96 bits per heavy atom. The van der Waals surface area contributed by atoms with Gasteiger partial charge in [-0.05, 0) is 36.8 Å². The summed E-state index contributed by atoms with van der Waals surface area (Å²) < 4.78 is 24.6. The summed E-state index contributed by atoms with van der Waals surface area (Å²) in [6.07, 6.45) is 1.29. The molecule has 0 aliphatic heterocycles. The lowest BCUT2D eigenvalue weighted by molar-refractivity contribution is 0.0691. The van der Waals surface area contributed by atoms with Gasteiger partial charge in [0.25, 0.3) is 0 Å². The van der Waals surface area contributed by atoms with Gasteiger partial charge in [-0.1, -0.05) is 11.6 Å². The van der Waals surface area contributed by atoms with Gasteiger partial charge in [-0.25, -0.2) is 19.2 Å². The Kier molecular flexibility index (Phi) is 4.41. The fourth-order valence-corrected chi connectivity index (χ4v) is 2.54. The molecule has 1 aromatic heterocycles. The third-order valence-corrected chi connectivity index (χ3v) is 3.87. The molecule has 25 heavy (non-hydrogen) atoms. The number of methoxy groups -OCH3 is 1. The van der Waals surface area contributed by atoms with Gasteiger partial charge in [0.2, 0.25) is 5.88 Å². The number of ether oxygens (including phenoxy) is 2. The third-order valence-electron chi connectivity index (χ3n) is 3.57. The molecule has 1 N–H and O–H groups in total. The van der Waals surface area contributed by atoms with E-state index < -0.39 is 17.3 Å².